The molecule has 0 aromatic carbocycles. The Morgan fingerprint density at radius 3 is 2.81 bits per heavy atom. The molecule has 0 saturated carbocycles. The van der Waals surface area contributed by atoms with E-state index in [2.05, 4.69) is 0 Å². The molecule has 0 bridgehead atoms. The zero-order chi connectivity index (χ0) is 11.0. The summed E-state index contributed by atoms with van der Waals surface area (Å²) in [6.45, 7) is 0.501. The first-order chi connectivity index (χ1) is 7.11. The normalized spacial score (nSPS) is 19.7. The number of carboxylic acid groups (broad SMARTS) is 1. The molecule has 0 radical (unpaired) electrons. The smallest absolute Gasteiger partial charge is 0.338 e. The molecular weight excluding hydrogens is 252 g/mol. The molecule has 0 aliphatic carbocycles. The lowest BCUT2D eigenvalue weighted by molar-refractivity contribution is -0.118. The monoisotopic (exact) mass is 262 g/mol. The van der Waals surface area contributed by atoms with Gasteiger partial charge in [-0.2, -0.15) is 0 Å². The minimum Gasteiger partial charge on any atom is -0.478 e. The van der Waals surface area contributed by atoms with E-state index in [9.17, 15) is 9.59 Å². The highest BCUT2D eigenvalue weighted by molar-refractivity contribution is 7.14. The minimum absolute atomic E-state index is 0. The predicted octanol–water partition coefficient (Wildman–Crippen LogP) is 0.932. The van der Waals surface area contributed by atoms with Crippen molar-refractivity contribution >= 4 is 40.6 Å². The van der Waals surface area contributed by atoms with E-state index in [4.69, 9.17) is 10.8 Å². The lowest BCUT2D eigenvalue weighted by Gasteiger charge is -2.14. The average Bonchev–Trinajstić information content (AvgIpc) is 2.75. The second kappa shape index (κ2) is 4.82. The summed E-state index contributed by atoms with van der Waals surface area (Å²) in [6, 6.07) is 1.01. The molecule has 16 heavy (non-hydrogen) atoms. The summed E-state index contributed by atoms with van der Waals surface area (Å²) in [5.41, 5.74) is 5.74. The van der Waals surface area contributed by atoms with Crippen LogP contribution in [0, 0.1) is 0 Å². The first-order valence-electron chi connectivity index (χ1n) is 4.49. The van der Waals surface area contributed by atoms with Crippen LogP contribution in [-0.4, -0.2) is 29.6 Å². The molecule has 88 valence electrons. The van der Waals surface area contributed by atoms with E-state index in [0.717, 1.165) is 0 Å². The number of aromatic carboxylic acids is 1. The van der Waals surface area contributed by atoms with Crippen molar-refractivity contribution in [2.24, 2.45) is 5.73 Å². The number of hydrogen-bond acceptors (Lipinski definition) is 4. The van der Waals surface area contributed by atoms with Crippen LogP contribution >= 0.6 is 23.7 Å². The Kier molecular flexibility index (Phi) is 3.90. The SMILES string of the molecule is Cl.NC1CCN(c2sccc2C(=O)O)C1=O. The lowest BCUT2D eigenvalue weighted by Crippen LogP contribution is -2.34. The Morgan fingerprint density at radius 2 is 2.31 bits per heavy atom. The zero-order valence-electron chi connectivity index (χ0n) is 8.25. The Morgan fingerprint density at radius 1 is 1.62 bits per heavy atom. The van der Waals surface area contributed by atoms with Crippen molar-refractivity contribution < 1.29 is 14.7 Å². The van der Waals surface area contributed by atoms with Crippen molar-refractivity contribution in [1.82, 2.24) is 0 Å². The first-order valence-corrected chi connectivity index (χ1v) is 5.37. The van der Waals surface area contributed by atoms with Crippen LogP contribution < -0.4 is 10.6 Å². The van der Waals surface area contributed by atoms with Gasteiger partial charge < -0.3 is 15.7 Å². The molecule has 1 aromatic heterocycles. The molecule has 3 N–H and O–H groups in total. The second-order valence-electron chi connectivity index (χ2n) is 3.33. The van der Waals surface area contributed by atoms with Crippen molar-refractivity contribution in [3.63, 3.8) is 0 Å². The van der Waals surface area contributed by atoms with Gasteiger partial charge in [0, 0.05) is 6.54 Å². The summed E-state index contributed by atoms with van der Waals surface area (Å²) in [7, 11) is 0. The van der Waals surface area contributed by atoms with Crippen molar-refractivity contribution in [2.75, 3.05) is 11.4 Å². The van der Waals surface area contributed by atoms with E-state index >= 15 is 0 Å². The molecule has 1 aromatic rings. The summed E-state index contributed by atoms with van der Waals surface area (Å²) in [5.74, 6) is -1.21. The van der Waals surface area contributed by atoms with Gasteiger partial charge in [-0.1, -0.05) is 0 Å². The van der Waals surface area contributed by atoms with Crippen molar-refractivity contribution in [3.8, 4) is 0 Å². The van der Waals surface area contributed by atoms with Gasteiger partial charge in [-0.15, -0.1) is 23.7 Å². The number of anilines is 1. The van der Waals surface area contributed by atoms with Gasteiger partial charge in [-0.05, 0) is 17.9 Å². The molecule has 2 heterocycles. The van der Waals surface area contributed by atoms with E-state index in [1.165, 1.54) is 22.3 Å². The predicted molar refractivity (Wildman–Crippen MR) is 63.5 cm³/mol. The number of halogens is 1. The van der Waals surface area contributed by atoms with Crippen LogP contribution in [0.3, 0.4) is 0 Å². The van der Waals surface area contributed by atoms with Gasteiger partial charge in [0.15, 0.2) is 0 Å². The van der Waals surface area contributed by atoms with Gasteiger partial charge in [-0.3, -0.25) is 4.79 Å². The van der Waals surface area contributed by atoms with Gasteiger partial charge in [-0.25, -0.2) is 4.79 Å². The number of carbonyl (C=O) groups is 2. The van der Waals surface area contributed by atoms with Gasteiger partial charge in [0.25, 0.3) is 0 Å². The fourth-order valence-corrected chi connectivity index (χ4v) is 2.50. The molecule has 2 rings (SSSR count). The van der Waals surface area contributed by atoms with Gasteiger partial charge >= 0.3 is 5.97 Å². The number of amides is 1. The summed E-state index contributed by atoms with van der Waals surface area (Å²) in [6.07, 6.45) is 0.579. The number of nitrogens with zero attached hydrogens (tertiary/aromatic N) is 1. The third-order valence-electron chi connectivity index (χ3n) is 2.37. The Bertz CT molecular complexity index is 421. The van der Waals surface area contributed by atoms with Crippen LogP contribution in [0.25, 0.3) is 0 Å². The third-order valence-corrected chi connectivity index (χ3v) is 3.30. The highest BCUT2D eigenvalue weighted by Crippen LogP contribution is 2.30. The Labute approximate surface area is 102 Å². The minimum atomic E-state index is -1.01. The summed E-state index contributed by atoms with van der Waals surface area (Å²) in [4.78, 5) is 23.9. The van der Waals surface area contributed by atoms with E-state index in [0.29, 0.717) is 18.0 Å². The molecule has 0 spiro atoms. The number of carbonyl (C=O) groups excluding carboxylic acids is 1. The zero-order valence-corrected chi connectivity index (χ0v) is 9.88. The molecule has 1 aliphatic rings. The highest BCUT2D eigenvalue weighted by atomic mass is 35.5. The summed E-state index contributed by atoms with van der Waals surface area (Å²) in [5, 5.41) is 11.1. The van der Waals surface area contributed by atoms with Gasteiger partial charge in [0.1, 0.15) is 5.00 Å². The third kappa shape index (κ3) is 2.04. The highest BCUT2D eigenvalue weighted by Gasteiger charge is 2.32. The molecule has 1 aliphatic heterocycles. The molecule has 5 nitrogen and oxygen atoms in total. The fourth-order valence-electron chi connectivity index (χ4n) is 1.58. The maximum Gasteiger partial charge on any atom is 0.338 e. The molecule has 7 heteroatoms. The number of carboxylic acids is 1. The van der Waals surface area contributed by atoms with Crippen molar-refractivity contribution in [3.05, 3.63) is 17.0 Å². The Hall–Kier alpha value is -1.11. The van der Waals surface area contributed by atoms with E-state index < -0.39 is 12.0 Å². The molecular formula is C9H11ClN2O3S. The van der Waals surface area contributed by atoms with Crippen LogP contribution in [-0.2, 0) is 4.79 Å². The maximum absolute atomic E-state index is 11.6. The standard InChI is InChI=1S/C9H10N2O3S.ClH/c10-6-1-3-11(7(6)12)8-5(9(13)14)2-4-15-8;/h2,4,6H,1,3,10H2,(H,13,14);1H. The van der Waals surface area contributed by atoms with Crippen molar-refractivity contribution in [1.29, 1.82) is 0 Å². The van der Waals surface area contributed by atoms with Crippen LogP contribution in [0.1, 0.15) is 16.8 Å². The fraction of sp³-hybridized carbons (Fsp3) is 0.333. The number of thiophene rings is 1. The average molecular weight is 263 g/mol. The largest absolute Gasteiger partial charge is 0.478 e. The second-order valence-corrected chi connectivity index (χ2v) is 4.22. The Balaban J connectivity index is 0.00000128. The molecule has 1 fully saturated rings. The maximum atomic E-state index is 11.6. The molecule has 1 saturated heterocycles. The molecule has 1 amide bonds. The number of rotatable bonds is 2. The quantitative estimate of drug-likeness (QED) is 0.831. The lowest BCUT2D eigenvalue weighted by atomic mass is 10.3. The topological polar surface area (TPSA) is 83.6 Å². The van der Waals surface area contributed by atoms with E-state index in [-0.39, 0.29) is 23.9 Å². The first kappa shape index (κ1) is 13.0. The van der Waals surface area contributed by atoms with Crippen molar-refractivity contribution in [2.45, 2.75) is 12.5 Å². The van der Waals surface area contributed by atoms with Crippen LogP contribution in [0.4, 0.5) is 5.00 Å². The molecule has 1 unspecified atom stereocenters. The van der Waals surface area contributed by atoms with Crippen LogP contribution in [0.15, 0.2) is 11.4 Å². The molecule has 1 atom stereocenters. The van der Waals surface area contributed by atoms with Gasteiger partial charge in [0.2, 0.25) is 5.91 Å². The van der Waals surface area contributed by atoms with Crippen LogP contribution in [0.5, 0.6) is 0 Å². The number of nitrogens with two attached hydrogens (primary N) is 1. The summed E-state index contributed by atoms with van der Waals surface area (Å²) >= 11 is 1.25. The number of hydrogen-bond donors (Lipinski definition) is 2. The van der Waals surface area contributed by atoms with Gasteiger partial charge in [0.05, 0.1) is 11.6 Å². The van der Waals surface area contributed by atoms with E-state index in [1.54, 1.807) is 5.38 Å². The van der Waals surface area contributed by atoms with Crippen LogP contribution in [0.2, 0.25) is 0 Å². The summed E-state index contributed by atoms with van der Waals surface area (Å²) < 4.78 is 0. The van der Waals surface area contributed by atoms with E-state index in [1.807, 2.05) is 0 Å².